The lowest BCUT2D eigenvalue weighted by molar-refractivity contribution is -0.104. The standard InChI is InChI=1S/C15H16N2O/c1-3-4-12-17(2)15(16-11-8-13-18)14-9-6-5-7-10-14/h4-11,13H,1,12H2,2H3/b11-8-,16-15?. The van der Waals surface area contributed by atoms with Crippen LogP contribution in [0.2, 0.25) is 0 Å². The molecular formula is C15H16N2O. The number of aldehydes is 1. The molecule has 0 heterocycles. The summed E-state index contributed by atoms with van der Waals surface area (Å²) in [6.45, 7) is 4.19. The third-order valence-electron chi connectivity index (χ3n) is 2.26. The summed E-state index contributed by atoms with van der Waals surface area (Å²) in [5.41, 5.74) is 3.72. The zero-order chi connectivity index (χ0) is 13.2. The van der Waals surface area contributed by atoms with Gasteiger partial charge in [0.2, 0.25) is 0 Å². The maximum atomic E-state index is 10.3. The van der Waals surface area contributed by atoms with Crippen LogP contribution in [0.5, 0.6) is 0 Å². The third kappa shape index (κ3) is 4.24. The van der Waals surface area contributed by atoms with Crippen molar-refractivity contribution in [1.82, 2.24) is 4.90 Å². The fraction of sp³-hybridized carbons (Fsp3) is 0.133. The van der Waals surface area contributed by atoms with Crippen molar-refractivity contribution in [3.8, 4) is 0 Å². The molecule has 1 aromatic rings. The molecule has 0 N–H and O–H groups in total. The third-order valence-corrected chi connectivity index (χ3v) is 2.26. The van der Waals surface area contributed by atoms with E-state index in [1.807, 2.05) is 48.4 Å². The number of likely N-dealkylation sites (N-methyl/N-ethyl adjacent to an activating group) is 1. The van der Waals surface area contributed by atoms with E-state index in [4.69, 9.17) is 0 Å². The lowest BCUT2D eigenvalue weighted by atomic mass is 10.2. The minimum absolute atomic E-state index is 0.659. The van der Waals surface area contributed by atoms with Crippen LogP contribution >= 0.6 is 0 Å². The predicted octanol–water partition coefficient (Wildman–Crippen LogP) is 2.42. The van der Waals surface area contributed by atoms with Crippen molar-refractivity contribution in [1.29, 1.82) is 0 Å². The van der Waals surface area contributed by atoms with E-state index in [0.29, 0.717) is 12.8 Å². The van der Waals surface area contributed by atoms with Crippen molar-refractivity contribution in [3.63, 3.8) is 0 Å². The first-order valence-corrected chi connectivity index (χ1v) is 5.58. The number of carbonyl (C=O) groups is 1. The molecule has 0 radical (unpaired) electrons. The van der Waals surface area contributed by atoms with Gasteiger partial charge in [-0.25, -0.2) is 4.99 Å². The first-order valence-electron chi connectivity index (χ1n) is 5.58. The van der Waals surface area contributed by atoms with Gasteiger partial charge in [-0.1, -0.05) is 36.9 Å². The molecule has 0 aliphatic heterocycles. The largest absolute Gasteiger partial charge is 0.355 e. The molecule has 92 valence electrons. The number of benzene rings is 1. The zero-order valence-corrected chi connectivity index (χ0v) is 10.4. The number of rotatable bonds is 5. The molecule has 1 rings (SSSR count). The fourth-order valence-electron chi connectivity index (χ4n) is 1.42. The van der Waals surface area contributed by atoms with E-state index in [1.165, 1.54) is 12.3 Å². The Labute approximate surface area is 107 Å². The molecule has 0 spiro atoms. The van der Waals surface area contributed by atoms with Gasteiger partial charge in [0.15, 0.2) is 0 Å². The van der Waals surface area contributed by atoms with Crippen LogP contribution in [0, 0.1) is 0 Å². The second kappa shape index (κ2) is 7.82. The molecule has 0 aliphatic rings. The van der Waals surface area contributed by atoms with Crippen molar-refractivity contribution in [3.05, 3.63) is 66.6 Å². The zero-order valence-electron chi connectivity index (χ0n) is 10.4. The van der Waals surface area contributed by atoms with Crippen LogP contribution < -0.4 is 0 Å². The summed E-state index contributed by atoms with van der Waals surface area (Å²) >= 11 is 0. The second-order valence-electron chi connectivity index (χ2n) is 3.59. The quantitative estimate of drug-likeness (QED) is 0.260. The Kier molecular flexibility index (Phi) is 5.95. The number of allylic oxidation sites excluding steroid dienone is 1. The molecule has 3 heteroatoms. The summed E-state index contributed by atoms with van der Waals surface area (Å²) in [5, 5.41) is 0. The summed E-state index contributed by atoms with van der Waals surface area (Å²) < 4.78 is 0. The average Bonchev–Trinajstić information content (AvgIpc) is 2.42. The van der Waals surface area contributed by atoms with E-state index in [1.54, 1.807) is 0 Å². The van der Waals surface area contributed by atoms with Gasteiger partial charge in [-0.05, 0) is 12.2 Å². The maximum absolute atomic E-state index is 10.3. The molecule has 18 heavy (non-hydrogen) atoms. The molecular weight excluding hydrogens is 224 g/mol. The smallest absolute Gasteiger partial charge is 0.144 e. The number of hydrogen-bond acceptors (Lipinski definition) is 2. The van der Waals surface area contributed by atoms with Crippen molar-refractivity contribution in [2.24, 2.45) is 4.99 Å². The average molecular weight is 240 g/mol. The van der Waals surface area contributed by atoms with Gasteiger partial charge in [-0.2, -0.15) is 0 Å². The van der Waals surface area contributed by atoms with Crippen molar-refractivity contribution in [2.45, 2.75) is 0 Å². The molecule has 1 aromatic carbocycles. The Morgan fingerprint density at radius 3 is 2.78 bits per heavy atom. The molecule has 0 fully saturated rings. The molecule has 0 unspecified atom stereocenters. The number of aliphatic imine (C=N–C) groups is 1. The Balaban J connectivity index is 3.02. The molecule has 0 aromatic heterocycles. The van der Waals surface area contributed by atoms with Gasteiger partial charge in [0.1, 0.15) is 12.1 Å². The lowest BCUT2D eigenvalue weighted by Crippen LogP contribution is -2.27. The number of nitrogens with zero attached hydrogens (tertiary/aromatic N) is 2. The van der Waals surface area contributed by atoms with Crippen LogP contribution in [0.1, 0.15) is 5.56 Å². The van der Waals surface area contributed by atoms with E-state index in [-0.39, 0.29) is 0 Å². The van der Waals surface area contributed by atoms with Gasteiger partial charge in [-0.15, -0.1) is 5.73 Å². The first-order chi connectivity index (χ1) is 8.79. The summed E-state index contributed by atoms with van der Waals surface area (Å²) in [6.07, 6.45) is 5.38. The van der Waals surface area contributed by atoms with Gasteiger partial charge < -0.3 is 4.90 Å². The Morgan fingerprint density at radius 2 is 2.17 bits per heavy atom. The van der Waals surface area contributed by atoms with Crippen LogP contribution in [0.15, 0.2) is 66.0 Å². The highest BCUT2D eigenvalue weighted by molar-refractivity contribution is 5.99. The number of amidine groups is 1. The first kappa shape index (κ1) is 13.7. The molecule has 0 aliphatic carbocycles. The van der Waals surface area contributed by atoms with Crippen molar-refractivity contribution < 1.29 is 4.79 Å². The van der Waals surface area contributed by atoms with E-state index < -0.39 is 0 Å². The van der Waals surface area contributed by atoms with Gasteiger partial charge in [0.05, 0.1) is 0 Å². The fourth-order valence-corrected chi connectivity index (χ4v) is 1.42. The topological polar surface area (TPSA) is 32.7 Å². The molecule has 0 saturated carbocycles. The van der Waals surface area contributed by atoms with E-state index in [0.717, 1.165) is 11.4 Å². The van der Waals surface area contributed by atoms with E-state index in [9.17, 15) is 4.79 Å². The number of carbonyl (C=O) groups excluding carboxylic acids is 1. The lowest BCUT2D eigenvalue weighted by Gasteiger charge is -2.19. The summed E-state index contributed by atoms with van der Waals surface area (Å²) in [5.74, 6) is 0.792. The maximum Gasteiger partial charge on any atom is 0.144 e. The minimum Gasteiger partial charge on any atom is -0.355 e. The van der Waals surface area contributed by atoms with Crippen LogP contribution in [-0.2, 0) is 4.79 Å². The summed E-state index contributed by atoms with van der Waals surface area (Å²) in [7, 11) is 1.93. The molecule has 0 saturated heterocycles. The molecule has 3 nitrogen and oxygen atoms in total. The van der Waals surface area contributed by atoms with Gasteiger partial charge >= 0.3 is 0 Å². The predicted molar refractivity (Wildman–Crippen MR) is 74.5 cm³/mol. The highest BCUT2D eigenvalue weighted by atomic mass is 16.1. The monoisotopic (exact) mass is 240 g/mol. The van der Waals surface area contributed by atoms with Crippen LogP contribution in [0.4, 0.5) is 0 Å². The van der Waals surface area contributed by atoms with Crippen molar-refractivity contribution in [2.75, 3.05) is 13.6 Å². The normalized spacial score (nSPS) is 11.1. The van der Waals surface area contributed by atoms with Crippen LogP contribution in [0.3, 0.4) is 0 Å². The van der Waals surface area contributed by atoms with E-state index >= 15 is 0 Å². The minimum atomic E-state index is 0.659. The molecule has 0 bridgehead atoms. The van der Waals surface area contributed by atoms with Gasteiger partial charge in [0.25, 0.3) is 0 Å². The van der Waals surface area contributed by atoms with Crippen LogP contribution in [-0.4, -0.2) is 30.6 Å². The Bertz CT molecular complexity index is 482. The van der Waals surface area contributed by atoms with Gasteiger partial charge in [-0.3, -0.25) is 4.79 Å². The Hall–Kier alpha value is -2.38. The number of hydrogen-bond donors (Lipinski definition) is 0. The van der Waals surface area contributed by atoms with E-state index in [2.05, 4.69) is 17.3 Å². The highest BCUT2D eigenvalue weighted by Gasteiger charge is 2.06. The molecule has 0 amide bonds. The van der Waals surface area contributed by atoms with Crippen LogP contribution in [0.25, 0.3) is 0 Å². The summed E-state index contributed by atoms with van der Waals surface area (Å²) in [6, 6.07) is 9.80. The van der Waals surface area contributed by atoms with Gasteiger partial charge in [0, 0.05) is 25.4 Å². The SMILES string of the molecule is C=C=CCN(C)C(=N/C=C\C=O)c1ccccc1. The van der Waals surface area contributed by atoms with Crippen molar-refractivity contribution >= 4 is 12.1 Å². The highest BCUT2D eigenvalue weighted by Crippen LogP contribution is 2.05. The summed E-state index contributed by atoms with van der Waals surface area (Å²) in [4.78, 5) is 16.5. The molecule has 0 atom stereocenters. The Morgan fingerprint density at radius 1 is 1.44 bits per heavy atom. The second-order valence-corrected chi connectivity index (χ2v) is 3.59.